The lowest BCUT2D eigenvalue weighted by Crippen LogP contribution is -2.38. The van der Waals surface area contributed by atoms with Gasteiger partial charge in [-0.25, -0.2) is 18.4 Å². The number of carbonyl (C=O) groups is 2. The van der Waals surface area contributed by atoms with Crippen LogP contribution in [0.1, 0.15) is 40.4 Å². The first kappa shape index (κ1) is 27.4. The van der Waals surface area contributed by atoms with Gasteiger partial charge in [0, 0.05) is 37.0 Å². The molecule has 1 aliphatic heterocycles. The Morgan fingerprint density at radius 3 is 2.25 bits per heavy atom. The predicted octanol–water partition coefficient (Wildman–Crippen LogP) is 5.08. The molecular formula is C31H31N3O5S. The van der Waals surface area contributed by atoms with Crippen LogP contribution in [0.25, 0.3) is 10.8 Å². The van der Waals surface area contributed by atoms with E-state index in [4.69, 9.17) is 5.14 Å². The van der Waals surface area contributed by atoms with E-state index in [9.17, 15) is 23.1 Å². The number of sulfonamides is 1. The number of benzene rings is 4. The third-order valence-electron chi connectivity index (χ3n) is 7.80. The zero-order chi connectivity index (χ0) is 28.4. The van der Waals surface area contributed by atoms with Crippen LogP contribution in [0.2, 0.25) is 0 Å². The van der Waals surface area contributed by atoms with E-state index in [0.29, 0.717) is 18.7 Å². The van der Waals surface area contributed by atoms with E-state index in [1.165, 1.54) is 29.2 Å². The SMILES string of the molecule is C[C@H](c1cccc2ccccc12)N(C[C@H]1CN(C(=O)c2ccc(S(N)(=O)=O)cc2)C[C@@H]1c1ccccc1)C(=O)O. The number of rotatable bonds is 7. The van der Waals surface area contributed by atoms with Crippen LogP contribution in [0, 0.1) is 5.92 Å². The Bertz CT molecular complexity index is 1640. The quantitative estimate of drug-likeness (QED) is 0.328. The van der Waals surface area contributed by atoms with E-state index in [0.717, 1.165) is 21.9 Å². The summed E-state index contributed by atoms with van der Waals surface area (Å²) in [6.07, 6.45) is -1.02. The van der Waals surface area contributed by atoms with Crippen molar-refractivity contribution in [2.24, 2.45) is 11.1 Å². The molecule has 0 radical (unpaired) electrons. The van der Waals surface area contributed by atoms with Crippen molar-refractivity contribution in [3.8, 4) is 0 Å². The Morgan fingerprint density at radius 2 is 1.57 bits per heavy atom. The van der Waals surface area contributed by atoms with Gasteiger partial charge >= 0.3 is 6.09 Å². The molecule has 4 aromatic carbocycles. The van der Waals surface area contributed by atoms with E-state index in [1.807, 2.05) is 79.7 Å². The Balaban J connectivity index is 1.43. The van der Waals surface area contributed by atoms with Gasteiger partial charge in [0.2, 0.25) is 10.0 Å². The molecule has 0 aliphatic carbocycles. The molecule has 0 bridgehead atoms. The van der Waals surface area contributed by atoms with Crippen molar-refractivity contribution in [3.63, 3.8) is 0 Å². The van der Waals surface area contributed by atoms with Gasteiger partial charge in [0.1, 0.15) is 0 Å². The highest BCUT2D eigenvalue weighted by Crippen LogP contribution is 2.36. The van der Waals surface area contributed by atoms with Crippen LogP contribution >= 0.6 is 0 Å². The van der Waals surface area contributed by atoms with Crippen molar-refractivity contribution >= 4 is 32.8 Å². The summed E-state index contributed by atoms with van der Waals surface area (Å²) >= 11 is 0. The summed E-state index contributed by atoms with van der Waals surface area (Å²) in [5.74, 6) is -0.465. The minimum atomic E-state index is -3.87. The molecule has 3 atom stereocenters. The first-order valence-electron chi connectivity index (χ1n) is 13.1. The normalized spacial score (nSPS) is 18.0. The topological polar surface area (TPSA) is 121 Å². The fourth-order valence-electron chi connectivity index (χ4n) is 5.71. The molecule has 1 aliphatic rings. The molecule has 206 valence electrons. The lowest BCUT2D eigenvalue weighted by molar-refractivity contribution is 0.0780. The van der Waals surface area contributed by atoms with Gasteiger partial charge < -0.3 is 14.9 Å². The third kappa shape index (κ3) is 5.57. The molecule has 4 aromatic rings. The fraction of sp³-hybridized carbons (Fsp3) is 0.226. The largest absolute Gasteiger partial charge is 0.465 e. The molecule has 3 N–H and O–H groups in total. The second kappa shape index (κ2) is 11.1. The number of carboxylic acid groups (broad SMARTS) is 1. The van der Waals surface area contributed by atoms with Crippen LogP contribution in [0.4, 0.5) is 4.79 Å². The molecule has 0 saturated carbocycles. The number of fused-ring (bicyclic) bond motifs is 1. The van der Waals surface area contributed by atoms with Gasteiger partial charge in [-0.15, -0.1) is 0 Å². The summed E-state index contributed by atoms with van der Waals surface area (Å²) in [6.45, 7) is 2.92. The molecule has 5 rings (SSSR count). The minimum Gasteiger partial charge on any atom is -0.465 e. The lowest BCUT2D eigenvalue weighted by Gasteiger charge is -2.31. The number of primary sulfonamides is 1. The monoisotopic (exact) mass is 557 g/mol. The molecule has 0 spiro atoms. The maximum atomic E-state index is 13.5. The van der Waals surface area contributed by atoms with Gasteiger partial charge in [-0.1, -0.05) is 72.8 Å². The minimum absolute atomic E-state index is 0.0648. The Morgan fingerprint density at radius 1 is 0.925 bits per heavy atom. The van der Waals surface area contributed by atoms with Gasteiger partial charge in [0.05, 0.1) is 10.9 Å². The summed E-state index contributed by atoms with van der Waals surface area (Å²) < 4.78 is 23.3. The molecule has 8 nitrogen and oxygen atoms in total. The van der Waals surface area contributed by atoms with E-state index in [-0.39, 0.29) is 29.2 Å². The van der Waals surface area contributed by atoms with Gasteiger partial charge in [-0.3, -0.25) is 4.79 Å². The molecule has 2 amide bonds. The lowest BCUT2D eigenvalue weighted by atomic mass is 9.88. The van der Waals surface area contributed by atoms with Crippen LogP contribution in [0.3, 0.4) is 0 Å². The van der Waals surface area contributed by atoms with Gasteiger partial charge in [0.15, 0.2) is 0 Å². The standard InChI is InChI=1S/C31H31N3O5S/c1-21(27-13-7-11-22-10-5-6-12-28(22)27)34(31(36)37)19-25-18-33(20-29(25)23-8-3-2-4-9-23)30(35)24-14-16-26(17-15-24)40(32,38)39/h2-17,21,25,29H,18-20H2,1H3,(H,36,37)(H2,32,38,39)/t21-,25-,29-/m1/s1. The number of nitrogens with two attached hydrogens (primary N) is 1. The summed E-state index contributed by atoms with van der Waals surface area (Å²) in [5.41, 5.74) is 2.31. The van der Waals surface area contributed by atoms with Crippen molar-refractivity contribution in [1.29, 1.82) is 0 Å². The highest BCUT2D eigenvalue weighted by molar-refractivity contribution is 7.89. The number of carbonyl (C=O) groups excluding carboxylic acids is 1. The number of likely N-dealkylation sites (tertiary alicyclic amines) is 1. The fourth-order valence-corrected chi connectivity index (χ4v) is 6.22. The summed E-state index contributed by atoms with van der Waals surface area (Å²) in [5, 5.41) is 17.6. The van der Waals surface area contributed by atoms with Crippen molar-refractivity contribution in [2.75, 3.05) is 19.6 Å². The van der Waals surface area contributed by atoms with Crippen LogP contribution in [0.5, 0.6) is 0 Å². The smallest absolute Gasteiger partial charge is 0.407 e. The zero-order valence-electron chi connectivity index (χ0n) is 22.1. The average Bonchev–Trinajstić information content (AvgIpc) is 3.38. The number of amides is 2. The maximum absolute atomic E-state index is 13.5. The average molecular weight is 558 g/mol. The third-order valence-corrected chi connectivity index (χ3v) is 8.73. The molecular weight excluding hydrogens is 526 g/mol. The van der Waals surface area contributed by atoms with Crippen LogP contribution < -0.4 is 5.14 Å². The first-order chi connectivity index (χ1) is 19.1. The zero-order valence-corrected chi connectivity index (χ0v) is 22.9. The number of nitrogens with zero attached hydrogens (tertiary/aromatic N) is 2. The van der Waals surface area contributed by atoms with Crippen LogP contribution in [0.15, 0.2) is 102 Å². The maximum Gasteiger partial charge on any atom is 0.407 e. The van der Waals surface area contributed by atoms with Gasteiger partial charge in [0.25, 0.3) is 5.91 Å². The Hall–Kier alpha value is -4.21. The van der Waals surface area contributed by atoms with E-state index in [1.54, 1.807) is 4.90 Å². The predicted molar refractivity (Wildman–Crippen MR) is 153 cm³/mol. The van der Waals surface area contributed by atoms with Gasteiger partial charge in [-0.2, -0.15) is 0 Å². The van der Waals surface area contributed by atoms with Crippen LogP contribution in [-0.2, 0) is 10.0 Å². The van der Waals surface area contributed by atoms with Crippen molar-refractivity contribution in [1.82, 2.24) is 9.80 Å². The van der Waals surface area contributed by atoms with Crippen molar-refractivity contribution < 1.29 is 23.1 Å². The number of hydrogen-bond acceptors (Lipinski definition) is 4. The molecule has 1 heterocycles. The van der Waals surface area contributed by atoms with Crippen molar-refractivity contribution in [3.05, 3.63) is 114 Å². The summed E-state index contributed by atoms with van der Waals surface area (Å²) in [6, 6.07) is 28.8. The second-order valence-electron chi connectivity index (χ2n) is 10.2. The van der Waals surface area contributed by atoms with Crippen LogP contribution in [-0.4, -0.2) is 55.0 Å². The van der Waals surface area contributed by atoms with E-state index >= 15 is 0 Å². The Labute approximate surface area is 233 Å². The molecule has 0 unspecified atom stereocenters. The molecule has 0 aromatic heterocycles. The van der Waals surface area contributed by atoms with E-state index in [2.05, 4.69) is 0 Å². The van der Waals surface area contributed by atoms with E-state index < -0.39 is 22.2 Å². The summed E-state index contributed by atoms with van der Waals surface area (Å²) in [7, 11) is -3.87. The molecule has 40 heavy (non-hydrogen) atoms. The number of hydrogen-bond donors (Lipinski definition) is 2. The van der Waals surface area contributed by atoms with Gasteiger partial charge in [-0.05, 0) is 53.1 Å². The molecule has 9 heteroatoms. The first-order valence-corrected chi connectivity index (χ1v) is 14.6. The highest BCUT2D eigenvalue weighted by Gasteiger charge is 2.39. The molecule has 1 fully saturated rings. The Kier molecular flexibility index (Phi) is 7.60. The van der Waals surface area contributed by atoms with Crippen molar-refractivity contribution in [2.45, 2.75) is 23.8 Å². The highest BCUT2D eigenvalue weighted by atomic mass is 32.2. The molecule has 1 saturated heterocycles. The second-order valence-corrected chi connectivity index (χ2v) is 11.8. The summed E-state index contributed by atoms with van der Waals surface area (Å²) in [4.78, 5) is 29.2.